The van der Waals surface area contributed by atoms with Crippen LogP contribution in [0.1, 0.15) is 11.1 Å². The highest BCUT2D eigenvalue weighted by molar-refractivity contribution is 6.36. The zero-order valence-electron chi connectivity index (χ0n) is 16.2. The molecule has 0 saturated carbocycles. The Balaban J connectivity index is 1.51. The minimum Gasteiger partial charge on any atom is -0.319 e. The van der Waals surface area contributed by atoms with Crippen LogP contribution in [0.15, 0.2) is 77.9 Å². The quantitative estimate of drug-likeness (QED) is 0.274. The van der Waals surface area contributed by atoms with Crippen molar-refractivity contribution in [2.45, 2.75) is 6.54 Å². The van der Waals surface area contributed by atoms with Gasteiger partial charge in [-0.3, -0.25) is 0 Å². The fourth-order valence-corrected chi connectivity index (χ4v) is 3.90. The predicted octanol–water partition coefficient (Wildman–Crippen LogP) is 5.78. The summed E-state index contributed by atoms with van der Waals surface area (Å²) in [4.78, 5) is 4.69. The van der Waals surface area contributed by atoms with E-state index >= 15 is 0 Å². The SMILES string of the molecule is Clc1ccc(C=NNc2nnc3c4ccccc4n(Cc4ccccc4)c3n2)c(Cl)c1. The molecule has 152 valence electrons. The van der Waals surface area contributed by atoms with Gasteiger partial charge < -0.3 is 4.57 Å². The number of nitrogens with zero attached hydrogens (tertiary/aromatic N) is 5. The topological polar surface area (TPSA) is 68.0 Å². The van der Waals surface area contributed by atoms with E-state index in [1.165, 1.54) is 5.56 Å². The first-order valence-corrected chi connectivity index (χ1v) is 10.3. The summed E-state index contributed by atoms with van der Waals surface area (Å²) in [5.74, 6) is 0.297. The van der Waals surface area contributed by atoms with Crippen LogP contribution in [0.3, 0.4) is 0 Å². The lowest BCUT2D eigenvalue weighted by atomic mass is 10.2. The third-order valence-corrected chi connectivity index (χ3v) is 5.45. The second kappa shape index (κ2) is 8.34. The Hall–Kier alpha value is -3.48. The molecular weight excluding hydrogens is 431 g/mol. The molecule has 0 aliphatic rings. The first-order chi connectivity index (χ1) is 15.2. The van der Waals surface area contributed by atoms with E-state index in [9.17, 15) is 0 Å². The standard InChI is InChI=1S/C23H16Cl2N6/c24-17-11-10-16(19(25)12-17)13-26-29-23-27-22-21(28-30-23)18-8-4-5-9-20(18)31(22)14-15-6-2-1-3-7-15/h1-13H,14H2,(H,27,29,30). The molecule has 0 radical (unpaired) electrons. The summed E-state index contributed by atoms with van der Waals surface area (Å²) in [6.07, 6.45) is 1.59. The van der Waals surface area contributed by atoms with E-state index in [4.69, 9.17) is 23.2 Å². The van der Waals surface area contributed by atoms with Crippen molar-refractivity contribution < 1.29 is 0 Å². The lowest BCUT2D eigenvalue weighted by molar-refractivity contribution is 0.848. The average Bonchev–Trinajstić information content (AvgIpc) is 3.09. The van der Waals surface area contributed by atoms with Crippen molar-refractivity contribution in [3.05, 3.63) is 94.0 Å². The number of hydrogen-bond donors (Lipinski definition) is 1. The number of anilines is 1. The lowest BCUT2D eigenvalue weighted by Crippen LogP contribution is -2.04. The van der Waals surface area contributed by atoms with Gasteiger partial charge >= 0.3 is 0 Å². The molecule has 5 rings (SSSR count). The van der Waals surface area contributed by atoms with E-state index in [0.29, 0.717) is 22.5 Å². The molecule has 6 nitrogen and oxygen atoms in total. The number of hydrogen-bond acceptors (Lipinski definition) is 5. The molecule has 0 amide bonds. The van der Waals surface area contributed by atoms with E-state index in [0.717, 1.165) is 27.6 Å². The molecule has 0 unspecified atom stereocenters. The van der Waals surface area contributed by atoms with E-state index in [2.05, 4.69) is 48.5 Å². The zero-order valence-corrected chi connectivity index (χ0v) is 17.7. The summed E-state index contributed by atoms with van der Waals surface area (Å²) < 4.78 is 2.14. The van der Waals surface area contributed by atoms with Crippen LogP contribution in [0.25, 0.3) is 22.1 Å². The number of hydrazone groups is 1. The van der Waals surface area contributed by atoms with Crippen molar-refractivity contribution in [3.63, 3.8) is 0 Å². The molecule has 8 heteroatoms. The Bertz CT molecular complexity index is 1410. The molecule has 2 aromatic heterocycles. The zero-order chi connectivity index (χ0) is 21.2. The molecule has 0 spiro atoms. The van der Waals surface area contributed by atoms with Crippen LogP contribution in [-0.2, 0) is 6.54 Å². The van der Waals surface area contributed by atoms with E-state index in [1.54, 1.807) is 24.4 Å². The maximum atomic E-state index is 6.18. The van der Waals surface area contributed by atoms with Crippen molar-refractivity contribution in [1.29, 1.82) is 0 Å². The Morgan fingerprint density at radius 1 is 0.935 bits per heavy atom. The van der Waals surface area contributed by atoms with E-state index in [-0.39, 0.29) is 0 Å². The van der Waals surface area contributed by atoms with Crippen LogP contribution in [-0.4, -0.2) is 26.0 Å². The van der Waals surface area contributed by atoms with Crippen LogP contribution in [0, 0.1) is 0 Å². The molecule has 5 aromatic rings. The summed E-state index contributed by atoms with van der Waals surface area (Å²) in [6, 6.07) is 23.5. The molecule has 0 atom stereocenters. The van der Waals surface area contributed by atoms with Gasteiger partial charge in [0.05, 0.1) is 16.8 Å². The number of fused-ring (bicyclic) bond motifs is 3. The van der Waals surface area contributed by atoms with Gasteiger partial charge in [0, 0.05) is 22.5 Å². The smallest absolute Gasteiger partial charge is 0.265 e. The van der Waals surface area contributed by atoms with Gasteiger partial charge in [0.1, 0.15) is 5.52 Å². The monoisotopic (exact) mass is 446 g/mol. The molecule has 0 saturated heterocycles. The highest BCUT2D eigenvalue weighted by atomic mass is 35.5. The maximum Gasteiger partial charge on any atom is 0.265 e. The van der Waals surface area contributed by atoms with Crippen molar-refractivity contribution >= 4 is 57.4 Å². The maximum absolute atomic E-state index is 6.18. The molecule has 0 aliphatic heterocycles. The van der Waals surface area contributed by atoms with Gasteiger partial charge in [-0.25, -0.2) is 5.43 Å². The lowest BCUT2D eigenvalue weighted by Gasteiger charge is -2.07. The van der Waals surface area contributed by atoms with Crippen molar-refractivity contribution in [3.8, 4) is 0 Å². The summed E-state index contributed by atoms with van der Waals surface area (Å²) in [5.41, 5.74) is 7.29. The molecule has 31 heavy (non-hydrogen) atoms. The first-order valence-electron chi connectivity index (χ1n) is 9.59. The molecule has 3 aromatic carbocycles. The van der Waals surface area contributed by atoms with Crippen molar-refractivity contribution in [2.24, 2.45) is 5.10 Å². The molecule has 0 aliphatic carbocycles. The number of rotatable bonds is 5. The second-order valence-electron chi connectivity index (χ2n) is 6.93. The van der Waals surface area contributed by atoms with Crippen molar-refractivity contribution in [1.82, 2.24) is 19.7 Å². The van der Waals surface area contributed by atoms with Gasteiger partial charge in [-0.2, -0.15) is 10.1 Å². The van der Waals surface area contributed by atoms with E-state index in [1.807, 2.05) is 36.4 Å². The first kappa shape index (κ1) is 19.5. The van der Waals surface area contributed by atoms with Gasteiger partial charge in [0.25, 0.3) is 5.95 Å². The summed E-state index contributed by atoms with van der Waals surface area (Å²) >= 11 is 12.1. The summed E-state index contributed by atoms with van der Waals surface area (Å²) in [7, 11) is 0. The molecule has 0 fully saturated rings. The molecule has 0 bridgehead atoms. The number of para-hydroxylation sites is 1. The van der Waals surface area contributed by atoms with Gasteiger partial charge in [0.15, 0.2) is 5.65 Å². The largest absolute Gasteiger partial charge is 0.319 e. The predicted molar refractivity (Wildman–Crippen MR) is 126 cm³/mol. The third kappa shape index (κ3) is 3.95. The number of nitrogens with one attached hydrogen (secondary N) is 1. The van der Waals surface area contributed by atoms with Gasteiger partial charge in [-0.15, -0.1) is 10.2 Å². The third-order valence-electron chi connectivity index (χ3n) is 4.89. The average molecular weight is 447 g/mol. The van der Waals surface area contributed by atoms with E-state index < -0.39 is 0 Å². The van der Waals surface area contributed by atoms with Crippen molar-refractivity contribution in [2.75, 3.05) is 5.43 Å². The van der Waals surface area contributed by atoms with Gasteiger partial charge in [0.2, 0.25) is 0 Å². The number of aromatic nitrogens is 4. The normalized spacial score (nSPS) is 11.5. The highest BCUT2D eigenvalue weighted by Gasteiger charge is 2.14. The minimum atomic E-state index is 0.297. The summed E-state index contributed by atoms with van der Waals surface area (Å²) in [5, 5.41) is 14.9. The Kier molecular flexibility index (Phi) is 5.24. The van der Waals surface area contributed by atoms with Crippen LogP contribution in [0.4, 0.5) is 5.95 Å². The second-order valence-corrected chi connectivity index (χ2v) is 7.78. The van der Waals surface area contributed by atoms with Crippen LogP contribution in [0.5, 0.6) is 0 Å². The number of halogens is 2. The summed E-state index contributed by atoms with van der Waals surface area (Å²) in [6.45, 7) is 0.673. The van der Waals surface area contributed by atoms with Crippen LogP contribution < -0.4 is 5.43 Å². The fraction of sp³-hybridized carbons (Fsp3) is 0.0435. The Morgan fingerprint density at radius 3 is 2.58 bits per heavy atom. The minimum absolute atomic E-state index is 0.297. The van der Waals surface area contributed by atoms with Gasteiger partial charge in [-0.05, 0) is 23.8 Å². The highest BCUT2D eigenvalue weighted by Crippen LogP contribution is 2.27. The van der Waals surface area contributed by atoms with Gasteiger partial charge in [-0.1, -0.05) is 77.8 Å². The van der Waals surface area contributed by atoms with Crippen LogP contribution in [0.2, 0.25) is 10.0 Å². The molecule has 2 heterocycles. The molecular formula is C23H16Cl2N6. The van der Waals surface area contributed by atoms with Crippen LogP contribution >= 0.6 is 23.2 Å². The fourth-order valence-electron chi connectivity index (χ4n) is 3.44. The Labute approximate surface area is 188 Å². The number of benzene rings is 3. The Morgan fingerprint density at radius 2 is 1.74 bits per heavy atom. The molecule has 1 N–H and O–H groups in total.